The van der Waals surface area contributed by atoms with Crippen LogP contribution in [0.4, 0.5) is 8.78 Å². The number of benzene rings is 2. The van der Waals surface area contributed by atoms with Gasteiger partial charge in [-0.2, -0.15) is 0 Å². The zero-order valence-electron chi connectivity index (χ0n) is 17.9. The van der Waals surface area contributed by atoms with Crippen LogP contribution in [-0.4, -0.2) is 42.0 Å². The number of halogens is 3. The minimum absolute atomic E-state index is 0.104. The van der Waals surface area contributed by atoms with E-state index in [1.165, 1.54) is 30.3 Å². The van der Waals surface area contributed by atoms with E-state index in [0.29, 0.717) is 38.9 Å². The molecule has 0 atom stereocenters. The Labute approximate surface area is 195 Å². The molecule has 4 rings (SSSR count). The molecule has 174 valence electrons. The van der Waals surface area contributed by atoms with Crippen LogP contribution in [0.2, 0.25) is 5.02 Å². The topological polar surface area (TPSA) is 86.0 Å². The predicted octanol–water partition coefficient (Wildman–Crippen LogP) is 3.24. The van der Waals surface area contributed by atoms with Gasteiger partial charge in [-0.15, -0.1) is 0 Å². The molecule has 4 N–H and O–H groups in total. The Morgan fingerprint density at radius 2 is 1.91 bits per heavy atom. The summed E-state index contributed by atoms with van der Waals surface area (Å²) >= 11 is 6.05. The number of hydrogen-bond acceptors (Lipinski definition) is 3. The molecule has 33 heavy (non-hydrogen) atoms. The third-order valence-electron chi connectivity index (χ3n) is 6.08. The summed E-state index contributed by atoms with van der Waals surface area (Å²) in [5.41, 5.74) is 0.730. The van der Waals surface area contributed by atoms with Crippen LogP contribution in [0.1, 0.15) is 24.0 Å². The minimum Gasteiger partial charge on any atom is -0.361 e. The maximum atomic E-state index is 14.1. The third-order valence-corrected chi connectivity index (χ3v) is 6.43. The molecule has 1 fully saturated rings. The summed E-state index contributed by atoms with van der Waals surface area (Å²) in [6.45, 7) is 1.46. The van der Waals surface area contributed by atoms with Crippen molar-refractivity contribution < 1.29 is 18.4 Å². The van der Waals surface area contributed by atoms with Crippen LogP contribution in [0.5, 0.6) is 0 Å². The Morgan fingerprint density at radius 3 is 2.67 bits per heavy atom. The van der Waals surface area contributed by atoms with Gasteiger partial charge in [-0.25, -0.2) is 8.78 Å². The molecule has 1 aliphatic heterocycles. The molecule has 9 heteroatoms. The van der Waals surface area contributed by atoms with Crippen LogP contribution >= 0.6 is 11.6 Å². The highest BCUT2D eigenvalue weighted by atomic mass is 35.5. The van der Waals surface area contributed by atoms with Crippen LogP contribution in [0.15, 0.2) is 42.6 Å². The van der Waals surface area contributed by atoms with E-state index in [0.717, 1.165) is 16.5 Å². The first kappa shape index (κ1) is 23.2. The van der Waals surface area contributed by atoms with E-state index in [-0.39, 0.29) is 28.7 Å². The van der Waals surface area contributed by atoms with Gasteiger partial charge in [-0.3, -0.25) is 9.59 Å². The van der Waals surface area contributed by atoms with Crippen molar-refractivity contribution in [2.75, 3.05) is 19.6 Å². The molecule has 2 amide bonds. The molecule has 3 aromatic rings. The van der Waals surface area contributed by atoms with E-state index in [1.807, 2.05) is 0 Å². The lowest BCUT2D eigenvalue weighted by Crippen LogP contribution is -2.63. The Morgan fingerprint density at radius 1 is 1.12 bits per heavy atom. The first-order valence-electron chi connectivity index (χ1n) is 10.9. The maximum Gasteiger partial charge on any atom is 0.245 e. The molecule has 2 aromatic carbocycles. The quantitative estimate of drug-likeness (QED) is 0.424. The summed E-state index contributed by atoms with van der Waals surface area (Å²) in [5.74, 6) is -1.63. The van der Waals surface area contributed by atoms with Gasteiger partial charge in [0.1, 0.15) is 17.2 Å². The zero-order valence-corrected chi connectivity index (χ0v) is 18.7. The highest BCUT2D eigenvalue weighted by Crippen LogP contribution is 2.23. The van der Waals surface area contributed by atoms with Crippen LogP contribution in [0.3, 0.4) is 0 Å². The number of aromatic nitrogens is 1. The monoisotopic (exact) mass is 474 g/mol. The number of amides is 2. The predicted molar refractivity (Wildman–Crippen MR) is 123 cm³/mol. The van der Waals surface area contributed by atoms with Crippen molar-refractivity contribution in [2.45, 2.75) is 31.2 Å². The number of rotatable bonds is 7. The van der Waals surface area contributed by atoms with E-state index < -0.39 is 17.3 Å². The lowest BCUT2D eigenvalue weighted by Gasteiger charge is -2.37. The fourth-order valence-electron chi connectivity index (χ4n) is 4.27. The van der Waals surface area contributed by atoms with Crippen molar-refractivity contribution >= 4 is 34.3 Å². The van der Waals surface area contributed by atoms with Gasteiger partial charge in [0.2, 0.25) is 11.8 Å². The van der Waals surface area contributed by atoms with Crippen molar-refractivity contribution in [1.82, 2.24) is 20.9 Å². The molecule has 0 radical (unpaired) electrons. The van der Waals surface area contributed by atoms with E-state index in [1.54, 1.807) is 12.3 Å². The second-order valence-corrected chi connectivity index (χ2v) is 8.67. The summed E-state index contributed by atoms with van der Waals surface area (Å²) in [6.07, 6.45) is 2.87. The van der Waals surface area contributed by atoms with Gasteiger partial charge in [0, 0.05) is 34.2 Å². The highest BCUT2D eigenvalue weighted by Gasteiger charge is 2.40. The number of fused-ring (bicyclic) bond motifs is 1. The lowest BCUT2D eigenvalue weighted by molar-refractivity contribution is -0.134. The lowest BCUT2D eigenvalue weighted by atomic mass is 9.86. The number of carbonyl (C=O) groups excluding carboxylic acids is 2. The molecule has 0 aliphatic carbocycles. The van der Waals surface area contributed by atoms with Crippen LogP contribution < -0.4 is 16.0 Å². The second-order valence-electron chi connectivity index (χ2n) is 8.27. The minimum atomic E-state index is -1.09. The van der Waals surface area contributed by atoms with Crippen molar-refractivity contribution in [1.29, 1.82) is 0 Å². The number of carbonyl (C=O) groups is 2. The summed E-state index contributed by atoms with van der Waals surface area (Å²) in [5, 5.41) is 9.89. The molecule has 0 spiro atoms. The Balaban J connectivity index is 1.42. The fourth-order valence-corrected chi connectivity index (χ4v) is 4.50. The van der Waals surface area contributed by atoms with Gasteiger partial charge >= 0.3 is 0 Å². The van der Waals surface area contributed by atoms with E-state index in [4.69, 9.17) is 11.6 Å². The second kappa shape index (κ2) is 9.89. The van der Waals surface area contributed by atoms with Gasteiger partial charge in [0.15, 0.2) is 0 Å². The van der Waals surface area contributed by atoms with Crippen molar-refractivity contribution in [3.8, 4) is 0 Å². The van der Waals surface area contributed by atoms with Crippen LogP contribution in [0, 0.1) is 11.6 Å². The number of hydrogen-bond donors (Lipinski definition) is 4. The zero-order chi connectivity index (χ0) is 23.4. The fraction of sp³-hybridized carbons (Fsp3) is 0.333. The van der Waals surface area contributed by atoms with Crippen molar-refractivity contribution in [3.05, 3.63) is 70.4 Å². The number of piperidine rings is 1. The molecule has 1 saturated heterocycles. The molecule has 6 nitrogen and oxygen atoms in total. The maximum absolute atomic E-state index is 14.1. The highest BCUT2D eigenvalue weighted by molar-refractivity contribution is 6.31. The Hall–Kier alpha value is -2.97. The molecular weight excluding hydrogens is 450 g/mol. The van der Waals surface area contributed by atoms with Gasteiger partial charge in [-0.05, 0) is 68.2 Å². The molecule has 0 saturated carbocycles. The van der Waals surface area contributed by atoms with Gasteiger partial charge in [-0.1, -0.05) is 17.7 Å². The molecule has 1 aromatic heterocycles. The largest absolute Gasteiger partial charge is 0.361 e. The number of aromatic amines is 1. The summed E-state index contributed by atoms with van der Waals surface area (Å²) in [7, 11) is 0. The van der Waals surface area contributed by atoms with Gasteiger partial charge < -0.3 is 20.9 Å². The molecule has 2 heterocycles. The third kappa shape index (κ3) is 5.17. The molecule has 0 unspecified atom stereocenters. The van der Waals surface area contributed by atoms with E-state index in [2.05, 4.69) is 20.9 Å². The number of H-pyrrole nitrogens is 1. The molecule has 1 aliphatic rings. The molecule has 0 bridgehead atoms. The normalized spacial score (nSPS) is 15.4. The summed E-state index contributed by atoms with van der Waals surface area (Å²) < 4.78 is 27.7. The molecular formula is C24H25ClF2N4O2. The first-order valence-corrected chi connectivity index (χ1v) is 11.2. The van der Waals surface area contributed by atoms with Crippen molar-refractivity contribution in [3.63, 3.8) is 0 Å². The Bertz CT molecular complexity index is 1150. The average molecular weight is 475 g/mol. The summed E-state index contributed by atoms with van der Waals surface area (Å²) in [4.78, 5) is 29.0. The van der Waals surface area contributed by atoms with Gasteiger partial charge in [0.25, 0.3) is 0 Å². The smallest absolute Gasteiger partial charge is 0.245 e. The summed E-state index contributed by atoms with van der Waals surface area (Å²) in [6, 6.07) is 8.78. The van der Waals surface area contributed by atoms with E-state index in [9.17, 15) is 18.4 Å². The van der Waals surface area contributed by atoms with Crippen LogP contribution in [-0.2, 0) is 22.4 Å². The average Bonchev–Trinajstić information content (AvgIpc) is 3.19. The van der Waals surface area contributed by atoms with Crippen molar-refractivity contribution in [2.24, 2.45) is 0 Å². The Kier molecular flexibility index (Phi) is 6.95. The first-order chi connectivity index (χ1) is 15.9. The van der Waals surface area contributed by atoms with E-state index >= 15 is 0 Å². The van der Waals surface area contributed by atoms with Crippen LogP contribution in [0.25, 0.3) is 10.9 Å². The van der Waals surface area contributed by atoms with Gasteiger partial charge in [0.05, 0.1) is 6.42 Å². The number of nitrogens with one attached hydrogen (secondary N) is 4. The standard InChI is InChI=1S/C24H25ClF2N4O2/c25-19-2-1-3-20(27)18(19)13-22(32)31-24(7-10-28-11-8-24)23(33)29-9-6-15-14-30-21-5-4-16(26)12-17(15)21/h1-5,12,14,28,30H,6-11,13H2,(H,29,33)(H,31,32). The SMILES string of the molecule is O=C(Cc1c(F)cccc1Cl)NC1(C(=O)NCCc2c[nH]c3ccc(F)cc23)CCNCC1.